The fourth-order valence-electron chi connectivity index (χ4n) is 4.06. The number of benzene rings is 1. The Kier molecular flexibility index (Phi) is 3.06. The standard InChI is InChI=1S/C16H23NO2/c1-16-6-7-17(2)15(14(16)10-18)8-11-4-5-12(19-3)9-13(11)16/h4-5,9,14-15,18H,6-8,10H2,1-3H3/t14-,15?,16+/m0/s1. The zero-order valence-corrected chi connectivity index (χ0v) is 12.0. The van der Waals surface area contributed by atoms with Gasteiger partial charge in [-0.15, -0.1) is 0 Å². The lowest BCUT2D eigenvalue weighted by atomic mass is 9.58. The molecule has 2 aliphatic rings. The van der Waals surface area contributed by atoms with Gasteiger partial charge in [-0.3, -0.25) is 0 Å². The molecule has 3 nitrogen and oxygen atoms in total. The van der Waals surface area contributed by atoms with E-state index in [9.17, 15) is 5.11 Å². The molecular formula is C16H23NO2. The highest BCUT2D eigenvalue weighted by atomic mass is 16.5. The third-order valence-corrected chi connectivity index (χ3v) is 5.39. The summed E-state index contributed by atoms with van der Waals surface area (Å²) in [6, 6.07) is 6.90. The first-order valence-electron chi connectivity index (χ1n) is 7.08. The topological polar surface area (TPSA) is 32.7 Å². The van der Waals surface area contributed by atoms with Crippen molar-refractivity contribution in [2.75, 3.05) is 27.3 Å². The molecular weight excluding hydrogens is 238 g/mol. The number of likely N-dealkylation sites (tertiary alicyclic amines) is 1. The van der Waals surface area contributed by atoms with Crippen molar-refractivity contribution in [2.24, 2.45) is 5.92 Å². The average Bonchev–Trinajstić information content (AvgIpc) is 2.43. The van der Waals surface area contributed by atoms with Crippen LogP contribution in [0.1, 0.15) is 24.5 Å². The zero-order valence-electron chi connectivity index (χ0n) is 12.0. The summed E-state index contributed by atoms with van der Waals surface area (Å²) in [5.41, 5.74) is 2.88. The third kappa shape index (κ3) is 1.79. The van der Waals surface area contributed by atoms with Crippen molar-refractivity contribution in [1.29, 1.82) is 0 Å². The second-order valence-electron chi connectivity index (χ2n) is 6.23. The maximum absolute atomic E-state index is 9.87. The molecule has 104 valence electrons. The maximum Gasteiger partial charge on any atom is 0.119 e. The minimum absolute atomic E-state index is 0.0774. The molecule has 1 aromatic carbocycles. The van der Waals surface area contributed by atoms with Crippen LogP contribution in [-0.4, -0.2) is 43.4 Å². The van der Waals surface area contributed by atoms with Crippen LogP contribution < -0.4 is 4.74 Å². The second kappa shape index (κ2) is 4.50. The Morgan fingerprint density at radius 1 is 1.47 bits per heavy atom. The van der Waals surface area contributed by atoms with Gasteiger partial charge in [-0.25, -0.2) is 0 Å². The number of aliphatic hydroxyl groups is 1. The van der Waals surface area contributed by atoms with Gasteiger partial charge in [0.15, 0.2) is 0 Å². The highest BCUT2D eigenvalue weighted by molar-refractivity contribution is 5.44. The molecule has 1 aliphatic carbocycles. The summed E-state index contributed by atoms with van der Waals surface area (Å²) in [6.07, 6.45) is 2.14. The lowest BCUT2D eigenvalue weighted by molar-refractivity contribution is 0.00558. The van der Waals surface area contributed by atoms with E-state index in [1.165, 1.54) is 11.1 Å². The summed E-state index contributed by atoms with van der Waals surface area (Å²) >= 11 is 0. The average molecular weight is 261 g/mol. The van der Waals surface area contributed by atoms with Crippen LogP contribution in [-0.2, 0) is 11.8 Å². The number of methoxy groups -OCH3 is 1. The first kappa shape index (κ1) is 12.9. The molecule has 3 rings (SSSR count). The van der Waals surface area contributed by atoms with E-state index in [4.69, 9.17) is 4.74 Å². The summed E-state index contributed by atoms with van der Waals surface area (Å²) < 4.78 is 5.38. The van der Waals surface area contributed by atoms with Gasteiger partial charge in [-0.1, -0.05) is 13.0 Å². The van der Waals surface area contributed by atoms with Gasteiger partial charge >= 0.3 is 0 Å². The van der Waals surface area contributed by atoms with E-state index in [-0.39, 0.29) is 12.0 Å². The van der Waals surface area contributed by atoms with E-state index in [0.29, 0.717) is 12.0 Å². The molecule has 3 heteroatoms. The van der Waals surface area contributed by atoms with Crippen molar-refractivity contribution in [2.45, 2.75) is 31.2 Å². The van der Waals surface area contributed by atoms with E-state index in [1.807, 2.05) is 0 Å². The minimum atomic E-state index is 0.0774. The Hall–Kier alpha value is -1.06. The molecule has 0 spiro atoms. The highest BCUT2D eigenvalue weighted by Crippen LogP contribution is 2.48. The van der Waals surface area contributed by atoms with Crippen molar-refractivity contribution >= 4 is 0 Å². The van der Waals surface area contributed by atoms with Gasteiger partial charge in [0.25, 0.3) is 0 Å². The number of aliphatic hydroxyl groups excluding tert-OH is 1. The molecule has 1 N–H and O–H groups in total. The van der Waals surface area contributed by atoms with Crippen LogP contribution in [0.25, 0.3) is 0 Å². The second-order valence-corrected chi connectivity index (χ2v) is 6.23. The summed E-state index contributed by atoms with van der Waals surface area (Å²) in [6.45, 7) is 3.68. The maximum atomic E-state index is 9.87. The molecule has 1 fully saturated rings. The third-order valence-electron chi connectivity index (χ3n) is 5.39. The smallest absolute Gasteiger partial charge is 0.119 e. The SMILES string of the molecule is COc1ccc2c(c1)[C@@]1(C)CCN(C)C(C2)[C@@H]1CO. The van der Waals surface area contributed by atoms with Crippen LogP contribution >= 0.6 is 0 Å². The fourth-order valence-corrected chi connectivity index (χ4v) is 4.06. The van der Waals surface area contributed by atoms with E-state index < -0.39 is 0 Å². The van der Waals surface area contributed by atoms with Gasteiger partial charge in [-0.2, -0.15) is 0 Å². The van der Waals surface area contributed by atoms with Gasteiger partial charge in [0.05, 0.1) is 7.11 Å². The molecule has 1 aromatic rings. The summed E-state index contributed by atoms with van der Waals surface area (Å²) in [5, 5.41) is 9.87. The summed E-state index contributed by atoms with van der Waals surface area (Å²) in [4.78, 5) is 2.41. The van der Waals surface area contributed by atoms with Crippen LogP contribution in [0.5, 0.6) is 5.75 Å². The van der Waals surface area contributed by atoms with Crippen molar-refractivity contribution in [1.82, 2.24) is 4.90 Å². The van der Waals surface area contributed by atoms with Crippen molar-refractivity contribution in [3.63, 3.8) is 0 Å². The van der Waals surface area contributed by atoms with Gasteiger partial charge < -0.3 is 14.7 Å². The first-order valence-corrected chi connectivity index (χ1v) is 7.08. The highest BCUT2D eigenvalue weighted by Gasteiger charge is 2.49. The predicted molar refractivity (Wildman–Crippen MR) is 75.7 cm³/mol. The zero-order chi connectivity index (χ0) is 13.6. The van der Waals surface area contributed by atoms with Crippen LogP contribution in [0.4, 0.5) is 0 Å². The van der Waals surface area contributed by atoms with Crippen molar-refractivity contribution in [3.05, 3.63) is 29.3 Å². The number of hydrogen-bond acceptors (Lipinski definition) is 3. The van der Waals surface area contributed by atoms with Gasteiger partial charge in [0.2, 0.25) is 0 Å². The molecule has 1 unspecified atom stereocenters. The van der Waals surface area contributed by atoms with Gasteiger partial charge in [-0.05, 0) is 49.7 Å². The Balaban J connectivity index is 2.13. The number of likely N-dealkylation sites (N-methyl/N-ethyl adjacent to an activating group) is 1. The fraction of sp³-hybridized carbons (Fsp3) is 0.625. The van der Waals surface area contributed by atoms with Gasteiger partial charge in [0, 0.05) is 24.0 Å². The molecule has 1 saturated heterocycles. The van der Waals surface area contributed by atoms with Crippen molar-refractivity contribution < 1.29 is 9.84 Å². The number of ether oxygens (including phenoxy) is 1. The number of piperidine rings is 1. The Morgan fingerprint density at radius 3 is 2.95 bits per heavy atom. The molecule has 2 bridgehead atoms. The number of hydrogen-bond donors (Lipinski definition) is 1. The van der Waals surface area contributed by atoms with Crippen LogP contribution in [0.2, 0.25) is 0 Å². The molecule has 0 saturated carbocycles. The Morgan fingerprint density at radius 2 is 2.26 bits per heavy atom. The number of fused-ring (bicyclic) bond motifs is 4. The number of nitrogens with zero attached hydrogens (tertiary/aromatic N) is 1. The Labute approximate surface area is 115 Å². The monoisotopic (exact) mass is 261 g/mol. The van der Waals surface area contributed by atoms with E-state index in [1.54, 1.807) is 7.11 Å². The van der Waals surface area contributed by atoms with E-state index in [0.717, 1.165) is 25.1 Å². The molecule has 0 amide bonds. The van der Waals surface area contributed by atoms with Crippen LogP contribution in [0, 0.1) is 5.92 Å². The molecule has 0 radical (unpaired) electrons. The Bertz CT molecular complexity index is 488. The molecule has 19 heavy (non-hydrogen) atoms. The normalized spacial score (nSPS) is 33.9. The van der Waals surface area contributed by atoms with Crippen LogP contribution in [0.3, 0.4) is 0 Å². The van der Waals surface area contributed by atoms with Crippen molar-refractivity contribution in [3.8, 4) is 5.75 Å². The summed E-state index contributed by atoms with van der Waals surface area (Å²) in [5.74, 6) is 1.25. The first-order chi connectivity index (χ1) is 9.10. The quantitative estimate of drug-likeness (QED) is 0.881. The molecule has 1 aliphatic heterocycles. The molecule has 1 heterocycles. The van der Waals surface area contributed by atoms with Crippen LogP contribution in [0.15, 0.2) is 18.2 Å². The lowest BCUT2D eigenvalue weighted by Gasteiger charge is -2.54. The summed E-state index contributed by atoms with van der Waals surface area (Å²) in [7, 11) is 3.90. The van der Waals surface area contributed by atoms with E-state index in [2.05, 4.69) is 37.1 Å². The minimum Gasteiger partial charge on any atom is -0.497 e. The number of rotatable bonds is 2. The predicted octanol–water partition coefficient (Wildman–Crippen LogP) is 1.82. The van der Waals surface area contributed by atoms with E-state index >= 15 is 0 Å². The van der Waals surface area contributed by atoms with Gasteiger partial charge in [0.1, 0.15) is 5.75 Å². The largest absolute Gasteiger partial charge is 0.497 e. The molecule has 3 atom stereocenters. The lowest BCUT2D eigenvalue weighted by Crippen LogP contribution is -2.58. The molecule has 0 aromatic heterocycles.